The summed E-state index contributed by atoms with van der Waals surface area (Å²) in [6.07, 6.45) is 1.84. The van der Waals surface area contributed by atoms with Gasteiger partial charge < -0.3 is 5.32 Å². The summed E-state index contributed by atoms with van der Waals surface area (Å²) in [7, 11) is 1.98. The highest BCUT2D eigenvalue weighted by atomic mass is 14.9. The number of nitrogens with one attached hydrogen (secondary N) is 1. The monoisotopic (exact) mass is 178 g/mol. The molecule has 13 heavy (non-hydrogen) atoms. The van der Waals surface area contributed by atoms with Gasteiger partial charge in [-0.15, -0.1) is 0 Å². The molecule has 0 bridgehead atoms. The number of hydrogen-bond donors (Lipinski definition) is 1. The molecule has 0 aliphatic rings. The van der Waals surface area contributed by atoms with Gasteiger partial charge in [-0.05, 0) is 24.6 Å². The van der Waals surface area contributed by atoms with Crippen molar-refractivity contribution in [3.63, 3.8) is 0 Å². The zero-order chi connectivity index (χ0) is 9.90. The molecular weight excluding hydrogens is 160 g/mol. The van der Waals surface area contributed by atoms with E-state index in [0.29, 0.717) is 6.04 Å². The van der Waals surface area contributed by atoms with Crippen LogP contribution in [0.3, 0.4) is 0 Å². The van der Waals surface area contributed by atoms with Crippen molar-refractivity contribution in [3.05, 3.63) is 30.1 Å². The first kappa shape index (κ1) is 10.2. The minimum Gasteiger partial charge on any atom is -0.311 e. The zero-order valence-corrected chi connectivity index (χ0v) is 8.83. The normalized spacial score (nSPS) is 14.2. The Morgan fingerprint density at radius 3 is 2.38 bits per heavy atom. The Morgan fingerprint density at radius 2 is 2.00 bits per heavy atom. The summed E-state index contributed by atoms with van der Waals surface area (Å²) in [5.41, 5.74) is 1.31. The van der Waals surface area contributed by atoms with Crippen LogP contribution < -0.4 is 5.32 Å². The molecule has 1 aromatic heterocycles. The molecule has 1 unspecified atom stereocenters. The van der Waals surface area contributed by atoms with Gasteiger partial charge in [-0.1, -0.05) is 26.8 Å². The first-order chi connectivity index (χ1) is 6.05. The van der Waals surface area contributed by atoms with Crippen LogP contribution in [0.5, 0.6) is 0 Å². The van der Waals surface area contributed by atoms with Gasteiger partial charge in [0.1, 0.15) is 0 Å². The summed E-state index contributed by atoms with van der Waals surface area (Å²) in [5.74, 6) is 0. The van der Waals surface area contributed by atoms with Gasteiger partial charge in [0.05, 0.1) is 11.7 Å². The van der Waals surface area contributed by atoms with Crippen molar-refractivity contribution in [2.24, 2.45) is 5.41 Å². The van der Waals surface area contributed by atoms with E-state index in [2.05, 4.69) is 37.1 Å². The molecule has 72 valence electrons. The standard InChI is InChI=1S/C11H18N2/c1-11(2,3)10(12-4)9-7-5-6-8-13-9/h5-8,10,12H,1-4H3. The van der Waals surface area contributed by atoms with Crippen LogP contribution in [-0.4, -0.2) is 12.0 Å². The summed E-state index contributed by atoms with van der Waals surface area (Å²) in [6.45, 7) is 6.63. The first-order valence-electron chi connectivity index (χ1n) is 4.64. The van der Waals surface area contributed by atoms with Gasteiger partial charge in [-0.25, -0.2) is 0 Å². The summed E-state index contributed by atoms with van der Waals surface area (Å²) in [4.78, 5) is 4.35. The fourth-order valence-corrected chi connectivity index (χ4v) is 1.57. The molecular formula is C11H18N2. The van der Waals surface area contributed by atoms with Gasteiger partial charge in [0, 0.05) is 6.20 Å². The Morgan fingerprint density at radius 1 is 1.31 bits per heavy atom. The first-order valence-corrected chi connectivity index (χ1v) is 4.64. The van der Waals surface area contributed by atoms with E-state index >= 15 is 0 Å². The minimum atomic E-state index is 0.198. The number of nitrogens with zero attached hydrogens (tertiary/aromatic N) is 1. The lowest BCUT2D eigenvalue weighted by Crippen LogP contribution is -2.30. The minimum absolute atomic E-state index is 0.198. The highest BCUT2D eigenvalue weighted by Gasteiger charge is 2.25. The Balaban J connectivity index is 2.92. The number of hydrogen-bond acceptors (Lipinski definition) is 2. The molecule has 0 amide bonds. The average Bonchev–Trinajstić information content (AvgIpc) is 2.05. The van der Waals surface area contributed by atoms with Crippen molar-refractivity contribution in [1.29, 1.82) is 0 Å². The lowest BCUT2D eigenvalue weighted by atomic mass is 9.84. The summed E-state index contributed by atoms with van der Waals surface area (Å²) in [5, 5.41) is 3.30. The molecule has 1 atom stereocenters. The van der Waals surface area contributed by atoms with Gasteiger partial charge >= 0.3 is 0 Å². The van der Waals surface area contributed by atoms with Gasteiger partial charge in [0.15, 0.2) is 0 Å². The Kier molecular flexibility index (Phi) is 3.04. The van der Waals surface area contributed by atoms with Crippen LogP contribution in [0.2, 0.25) is 0 Å². The number of pyridine rings is 1. The van der Waals surface area contributed by atoms with E-state index < -0.39 is 0 Å². The second-order valence-electron chi connectivity index (χ2n) is 4.34. The second-order valence-corrected chi connectivity index (χ2v) is 4.34. The van der Waals surface area contributed by atoms with E-state index in [1.807, 2.05) is 25.4 Å². The second kappa shape index (κ2) is 3.88. The molecule has 0 aliphatic carbocycles. The largest absolute Gasteiger partial charge is 0.311 e. The number of aromatic nitrogens is 1. The molecule has 0 saturated carbocycles. The van der Waals surface area contributed by atoms with Crippen LogP contribution in [0.25, 0.3) is 0 Å². The van der Waals surface area contributed by atoms with Gasteiger partial charge in [-0.3, -0.25) is 4.98 Å². The van der Waals surface area contributed by atoms with Gasteiger partial charge in [-0.2, -0.15) is 0 Å². The average molecular weight is 178 g/mol. The van der Waals surface area contributed by atoms with Gasteiger partial charge in [0.25, 0.3) is 0 Å². The Bertz CT molecular complexity index is 249. The van der Waals surface area contributed by atoms with Crippen molar-refractivity contribution in [2.45, 2.75) is 26.8 Å². The maximum Gasteiger partial charge on any atom is 0.0578 e. The molecule has 1 N–H and O–H groups in total. The maximum absolute atomic E-state index is 4.35. The summed E-state index contributed by atoms with van der Waals surface area (Å²) in [6, 6.07) is 6.35. The molecule has 0 aliphatic heterocycles. The SMILES string of the molecule is CNC(c1ccccn1)C(C)(C)C. The lowest BCUT2D eigenvalue weighted by molar-refractivity contribution is 0.281. The van der Waals surface area contributed by atoms with Crippen LogP contribution in [-0.2, 0) is 0 Å². The molecule has 0 spiro atoms. The molecule has 0 fully saturated rings. The molecule has 1 aromatic rings. The maximum atomic E-state index is 4.35. The van der Waals surface area contributed by atoms with E-state index in [0.717, 1.165) is 5.69 Å². The predicted molar refractivity (Wildman–Crippen MR) is 55.5 cm³/mol. The Labute approximate surface area is 80.4 Å². The van der Waals surface area contributed by atoms with Gasteiger partial charge in [0.2, 0.25) is 0 Å². The molecule has 2 heteroatoms. The van der Waals surface area contributed by atoms with Crippen molar-refractivity contribution in [1.82, 2.24) is 10.3 Å². The highest BCUT2D eigenvalue weighted by Crippen LogP contribution is 2.30. The molecule has 1 heterocycles. The van der Waals surface area contributed by atoms with E-state index in [9.17, 15) is 0 Å². The zero-order valence-electron chi connectivity index (χ0n) is 8.83. The molecule has 0 saturated heterocycles. The fourth-order valence-electron chi connectivity index (χ4n) is 1.57. The van der Waals surface area contributed by atoms with E-state index in [1.165, 1.54) is 0 Å². The summed E-state index contributed by atoms with van der Waals surface area (Å²) >= 11 is 0. The van der Waals surface area contributed by atoms with Crippen molar-refractivity contribution >= 4 is 0 Å². The number of rotatable bonds is 2. The molecule has 0 radical (unpaired) electrons. The van der Waals surface area contributed by atoms with E-state index in [1.54, 1.807) is 0 Å². The van der Waals surface area contributed by atoms with E-state index in [4.69, 9.17) is 0 Å². The van der Waals surface area contributed by atoms with Crippen molar-refractivity contribution < 1.29 is 0 Å². The third-order valence-electron chi connectivity index (χ3n) is 2.14. The third kappa shape index (κ3) is 2.52. The van der Waals surface area contributed by atoms with Crippen LogP contribution >= 0.6 is 0 Å². The summed E-state index contributed by atoms with van der Waals surface area (Å²) < 4.78 is 0. The smallest absolute Gasteiger partial charge is 0.0578 e. The van der Waals surface area contributed by atoms with Crippen molar-refractivity contribution in [2.75, 3.05) is 7.05 Å². The van der Waals surface area contributed by atoms with Crippen LogP contribution in [0.15, 0.2) is 24.4 Å². The van der Waals surface area contributed by atoms with Crippen LogP contribution in [0.4, 0.5) is 0 Å². The molecule has 1 rings (SSSR count). The highest BCUT2D eigenvalue weighted by molar-refractivity contribution is 5.11. The quantitative estimate of drug-likeness (QED) is 0.752. The van der Waals surface area contributed by atoms with Crippen molar-refractivity contribution in [3.8, 4) is 0 Å². The lowest BCUT2D eigenvalue weighted by Gasteiger charge is -2.29. The predicted octanol–water partition coefficient (Wildman–Crippen LogP) is 2.39. The molecule has 0 aromatic carbocycles. The topological polar surface area (TPSA) is 24.9 Å². The van der Waals surface area contributed by atoms with Crippen LogP contribution in [0, 0.1) is 5.41 Å². The molecule has 2 nitrogen and oxygen atoms in total. The Hall–Kier alpha value is -0.890. The third-order valence-corrected chi connectivity index (χ3v) is 2.14. The van der Waals surface area contributed by atoms with E-state index in [-0.39, 0.29) is 5.41 Å². The fraction of sp³-hybridized carbons (Fsp3) is 0.545. The van der Waals surface area contributed by atoms with Crippen LogP contribution in [0.1, 0.15) is 32.5 Å².